The Morgan fingerprint density at radius 3 is 2.55 bits per heavy atom. The van der Waals surface area contributed by atoms with Gasteiger partial charge in [0.25, 0.3) is 0 Å². The topological polar surface area (TPSA) is 27.3 Å². The van der Waals surface area contributed by atoms with Gasteiger partial charge in [0.05, 0.1) is 0 Å². The van der Waals surface area contributed by atoms with Crippen LogP contribution in [0.2, 0.25) is 0 Å². The number of hydrogen-bond acceptors (Lipinski definition) is 3. The number of nitrogens with one attached hydrogen (secondary N) is 2. The molecule has 0 amide bonds. The number of nitrogens with zero attached hydrogens (tertiary/aromatic N) is 1. The molecule has 0 aromatic heterocycles. The van der Waals surface area contributed by atoms with Crippen LogP contribution in [-0.4, -0.2) is 38.7 Å². The summed E-state index contributed by atoms with van der Waals surface area (Å²) in [6.07, 6.45) is 2.64. The fourth-order valence-electron chi connectivity index (χ4n) is 1.40. The monoisotopic (exact) mass is 157 g/mol. The highest BCUT2D eigenvalue weighted by molar-refractivity contribution is 4.69. The van der Waals surface area contributed by atoms with Crippen LogP contribution in [0.25, 0.3) is 0 Å². The Kier molecular flexibility index (Phi) is 3.83. The van der Waals surface area contributed by atoms with E-state index in [1.807, 2.05) is 19.1 Å². The average molecular weight is 157 g/mol. The molecule has 0 atom stereocenters. The minimum absolute atomic E-state index is 0.874. The van der Waals surface area contributed by atoms with Crippen LogP contribution in [0.5, 0.6) is 0 Å². The largest absolute Gasteiger partial charge is 0.317 e. The van der Waals surface area contributed by atoms with Gasteiger partial charge in [-0.05, 0) is 31.8 Å². The minimum Gasteiger partial charge on any atom is -0.317 e. The van der Waals surface area contributed by atoms with Crippen molar-refractivity contribution in [1.29, 1.82) is 0 Å². The molecule has 0 aliphatic carbocycles. The molecule has 11 heavy (non-hydrogen) atoms. The van der Waals surface area contributed by atoms with Crippen LogP contribution >= 0.6 is 0 Å². The molecular weight excluding hydrogens is 138 g/mol. The molecule has 0 saturated carbocycles. The van der Waals surface area contributed by atoms with Gasteiger partial charge in [0, 0.05) is 20.6 Å². The van der Waals surface area contributed by atoms with E-state index in [2.05, 4.69) is 10.7 Å². The van der Waals surface area contributed by atoms with Crippen LogP contribution in [0, 0.1) is 5.92 Å². The van der Waals surface area contributed by atoms with Crippen LogP contribution < -0.4 is 10.7 Å². The Bertz CT molecular complexity index is 97.5. The van der Waals surface area contributed by atoms with Crippen molar-refractivity contribution in [3.63, 3.8) is 0 Å². The molecule has 0 radical (unpaired) electrons. The minimum atomic E-state index is 0.874. The third-order valence-corrected chi connectivity index (χ3v) is 2.15. The van der Waals surface area contributed by atoms with Crippen molar-refractivity contribution in [3.8, 4) is 0 Å². The van der Waals surface area contributed by atoms with E-state index >= 15 is 0 Å². The first-order valence-corrected chi connectivity index (χ1v) is 4.40. The first-order valence-electron chi connectivity index (χ1n) is 4.40. The zero-order chi connectivity index (χ0) is 8.10. The summed E-state index contributed by atoms with van der Waals surface area (Å²) in [7, 11) is 4.09. The Balaban J connectivity index is 2.05. The highest BCUT2D eigenvalue weighted by atomic mass is 15.5. The standard InChI is InChI=1S/C8H19N3/c1-11(2)10-7-8-3-5-9-6-4-8/h8-10H,3-7H2,1-2H3. The summed E-state index contributed by atoms with van der Waals surface area (Å²) in [4.78, 5) is 0. The number of rotatable bonds is 3. The first-order chi connectivity index (χ1) is 5.29. The van der Waals surface area contributed by atoms with Gasteiger partial charge >= 0.3 is 0 Å². The van der Waals surface area contributed by atoms with Crippen LogP contribution in [-0.2, 0) is 0 Å². The van der Waals surface area contributed by atoms with E-state index in [4.69, 9.17) is 0 Å². The van der Waals surface area contributed by atoms with Crippen molar-refractivity contribution in [2.45, 2.75) is 12.8 Å². The maximum Gasteiger partial charge on any atom is 0.0131 e. The maximum absolute atomic E-state index is 3.36. The summed E-state index contributed by atoms with van der Waals surface area (Å²) in [5.74, 6) is 0.874. The lowest BCUT2D eigenvalue weighted by Gasteiger charge is -2.24. The van der Waals surface area contributed by atoms with E-state index in [1.165, 1.54) is 25.9 Å². The lowest BCUT2D eigenvalue weighted by molar-refractivity contribution is 0.240. The maximum atomic E-state index is 3.36. The highest BCUT2D eigenvalue weighted by Crippen LogP contribution is 2.09. The lowest BCUT2D eigenvalue weighted by atomic mass is 9.99. The Morgan fingerprint density at radius 2 is 2.00 bits per heavy atom. The SMILES string of the molecule is CN(C)NCC1CCNCC1. The summed E-state index contributed by atoms with van der Waals surface area (Å²) >= 11 is 0. The van der Waals surface area contributed by atoms with Crippen molar-refractivity contribution in [2.24, 2.45) is 5.92 Å². The summed E-state index contributed by atoms with van der Waals surface area (Å²) in [6.45, 7) is 3.52. The third-order valence-electron chi connectivity index (χ3n) is 2.15. The quantitative estimate of drug-likeness (QED) is 0.567. The van der Waals surface area contributed by atoms with Crippen molar-refractivity contribution < 1.29 is 0 Å². The Morgan fingerprint density at radius 1 is 1.36 bits per heavy atom. The Labute approximate surface area is 69.1 Å². The van der Waals surface area contributed by atoms with Gasteiger partial charge in [-0.1, -0.05) is 0 Å². The van der Waals surface area contributed by atoms with Gasteiger partial charge in [-0.2, -0.15) is 0 Å². The van der Waals surface area contributed by atoms with Gasteiger partial charge in [0.15, 0.2) is 0 Å². The molecule has 1 rings (SSSR count). The molecule has 1 aliphatic heterocycles. The van der Waals surface area contributed by atoms with Gasteiger partial charge in [-0.15, -0.1) is 0 Å². The van der Waals surface area contributed by atoms with E-state index in [-0.39, 0.29) is 0 Å². The van der Waals surface area contributed by atoms with Crippen LogP contribution in [0.4, 0.5) is 0 Å². The first kappa shape index (κ1) is 8.97. The van der Waals surface area contributed by atoms with E-state index < -0.39 is 0 Å². The molecule has 0 bridgehead atoms. The van der Waals surface area contributed by atoms with E-state index in [0.717, 1.165) is 12.5 Å². The van der Waals surface area contributed by atoms with Gasteiger partial charge < -0.3 is 5.32 Å². The fraction of sp³-hybridized carbons (Fsp3) is 1.00. The van der Waals surface area contributed by atoms with Gasteiger partial charge in [0.2, 0.25) is 0 Å². The van der Waals surface area contributed by atoms with E-state index in [9.17, 15) is 0 Å². The van der Waals surface area contributed by atoms with Crippen molar-refractivity contribution in [3.05, 3.63) is 0 Å². The van der Waals surface area contributed by atoms with Gasteiger partial charge in [-0.3, -0.25) is 10.4 Å². The number of piperidine rings is 1. The zero-order valence-electron chi connectivity index (χ0n) is 7.56. The molecular formula is C8H19N3. The lowest BCUT2D eigenvalue weighted by Crippen LogP contribution is -2.38. The molecule has 66 valence electrons. The second-order valence-corrected chi connectivity index (χ2v) is 3.45. The number of hydrazine groups is 1. The van der Waals surface area contributed by atoms with Gasteiger partial charge in [0.1, 0.15) is 0 Å². The number of hydrogen-bond donors (Lipinski definition) is 2. The van der Waals surface area contributed by atoms with Crippen molar-refractivity contribution in [1.82, 2.24) is 15.8 Å². The molecule has 0 aromatic carbocycles. The molecule has 3 heteroatoms. The smallest absolute Gasteiger partial charge is 0.0131 e. The Hall–Kier alpha value is -0.120. The predicted octanol–water partition coefficient (Wildman–Crippen LogP) is 0.0522. The van der Waals surface area contributed by atoms with Crippen molar-refractivity contribution >= 4 is 0 Å². The zero-order valence-corrected chi connectivity index (χ0v) is 7.56. The molecule has 1 fully saturated rings. The molecule has 2 N–H and O–H groups in total. The second kappa shape index (κ2) is 4.70. The third kappa shape index (κ3) is 3.70. The fourth-order valence-corrected chi connectivity index (χ4v) is 1.40. The van der Waals surface area contributed by atoms with Gasteiger partial charge in [-0.25, -0.2) is 0 Å². The summed E-state index contributed by atoms with van der Waals surface area (Å²) in [6, 6.07) is 0. The van der Waals surface area contributed by atoms with Crippen LogP contribution in [0.1, 0.15) is 12.8 Å². The molecule has 1 saturated heterocycles. The average Bonchev–Trinajstić information content (AvgIpc) is 2.03. The summed E-state index contributed by atoms with van der Waals surface area (Å²) < 4.78 is 0. The molecule has 0 aromatic rings. The predicted molar refractivity (Wildman–Crippen MR) is 47.3 cm³/mol. The molecule has 3 nitrogen and oxygen atoms in total. The second-order valence-electron chi connectivity index (χ2n) is 3.45. The molecule has 1 heterocycles. The summed E-state index contributed by atoms with van der Waals surface area (Å²) in [5, 5.41) is 5.39. The highest BCUT2D eigenvalue weighted by Gasteiger charge is 2.11. The molecule has 0 unspecified atom stereocenters. The van der Waals surface area contributed by atoms with Crippen molar-refractivity contribution in [2.75, 3.05) is 33.7 Å². The van der Waals surface area contributed by atoms with E-state index in [0.29, 0.717) is 0 Å². The van der Waals surface area contributed by atoms with Crippen LogP contribution in [0.3, 0.4) is 0 Å². The van der Waals surface area contributed by atoms with Crippen LogP contribution in [0.15, 0.2) is 0 Å². The normalized spacial score (nSPS) is 21.0. The summed E-state index contributed by atoms with van der Waals surface area (Å²) in [5.41, 5.74) is 3.32. The molecule has 1 aliphatic rings. The van der Waals surface area contributed by atoms with E-state index in [1.54, 1.807) is 0 Å². The molecule has 0 spiro atoms.